The minimum Gasteiger partial charge on any atom is -0.353 e. The number of benzene rings is 1. The van der Waals surface area contributed by atoms with E-state index in [1.807, 2.05) is 43.8 Å². The number of aryl methyl sites for hydroxylation is 1. The molecule has 0 aliphatic rings. The molecular formula is C22H28F2N4O2. The normalized spacial score (nSPS) is 10.7. The third kappa shape index (κ3) is 6.43. The summed E-state index contributed by atoms with van der Waals surface area (Å²) in [5.74, 6) is -1.63. The third-order valence-corrected chi connectivity index (χ3v) is 4.48. The number of halogens is 2. The summed E-state index contributed by atoms with van der Waals surface area (Å²) in [5, 5.41) is 2.38. The van der Waals surface area contributed by atoms with E-state index in [1.54, 1.807) is 4.90 Å². The molecule has 3 amide bonds. The van der Waals surface area contributed by atoms with Crippen molar-refractivity contribution in [3.63, 3.8) is 0 Å². The Kier molecular flexibility index (Phi) is 8.15. The van der Waals surface area contributed by atoms with Gasteiger partial charge in [0.2, 0.25) is 5.91 Å². The zero-order chi connectivity index (χ0) is 22.3. The van der Waals surface area contributed by atoms with Crippen molar-refractivity contribution in [2.75, 3.05) is 25.0 Å². The topological polar surface area (TPSA) is 57.6 Å². The second-order valence-electron chi connectivity index (χ2n) is 7.50. The lowest BCUT2D eigenvalue weighted by molar-refractivity contribution is -0.132. The minimum atomic E-state index is -0.890. The number of urea groups is 1. The van der Waals surface area contributed by atoms with Gasteiger partial charge in [-0.25, -0.2) is 13.6 Å². The largest absolute Gasteiger partial charge is 0.353 e. The van der Waals surface area contributed by atoms with Gasteiger partial charge >= 0.3 is 6.03 Å². The summed E-state index contributed by atoms with van der Waals surface area (Å²) in [6.07, 6.45) is 3.39. The lowest BCUT2D eigenvalue weighted by atomic mass is 10.2. The Morgan fingerprint density at radius 2 is 1.97 bits per heavy atom. The van der Waals surface area contributed by atoms with Crippen molar-refractivity contribution in [3.05, 3.63) is 66.5 Å². The lowest BCUT2D eigenvalue weighted by Gasteiger charge is -2.28. The Morgan fingerprint density at radius 1 is 1.23 bits per heavy atom. The van der Waals surface area contributed by atoms with Crippen molar-refractivity contribution in [3.8, 4) is 0 Å². The van der Waals surface area contributed by atoms with Crippen LogP contribution in [0.2, 0.25) is 0 Å². The first-order valence-electron chi connectivity index (χ1n) is 9.71. The molecule has 0 unspecified atom stereocenters. The summed E-state index contributed by atoms with van der Waals surface area (Å²) in [6, 6.07) is 6.04. The molecule has 0 atom stereocenters. The Balaban J connectivity index is 2.13. The summed E-state index contributed by atoms with van der Waals surface area (Å²) < 4.78 is 28.9. The number of hydrogen-bond donors (Lipinski definition) is 1. The molecule has 0 saturated carbocycles. The predicted molar refractivity (Wildman–Crippen MR) is 113 cm³/mol. The monoisotopic (exact) mass is 418 g/mol. The molecule has 0 aliphatic carbocycles. The molecule has 0 bridgehead atoms. The van der Waals surface area contributed by atoms with E-state index in [-0.39, 0.29) is 30.6 Å². The summed E-state index contributed by atoms with van der Waals surface area (Å²) in [5.41, 5.74) is 0.808. The van der Waals surface area contributed by atoms with E-state index >= 15 is 0 Å². The summed E-state index contributed by atoms with van der Waals surface area (Å²) in [7, 11) is 1.90. The number of rotatable bonds is 9. The number of anilines is 1. The van der Waals surface area contributed by atoms with Gasteiger partial charge in [0.15, 0.2) is 0 Å². The van der Waals surface area contributed by atoms with Crippen LogP contribution >= 0.6 is 0 Å². The second-order valence-corrected chi connectivity index (χ2v) is 7.50. The van der Waals surface area contributed by atoms with Crippen LogP contribution in [0.5, 0.6) is 0 Å². The Labute approximate surface area is 175 Å². The number of carbonyl (C=O) groups is 2. The molecule has 6 nitrogen and oxygen atoms in total. The maximum atomic E-state index is 13.9. The molecule has 0 aliphatic heterocycles. The van der Waals surface area contributed by atoms with Crippen molar-refractivity contribution >= 4 is 17.6 Å². The molecule has 1 heterocycles. The molecule has 0 radical (unpaired) electrons. The number of nitrogens with one attached hydrogen (secondary N) is 1. The van der Waals surface area contributed by atoms with Crippen LogP contribution in [0.3, 0.4) is 0 Å². The molecule has 2 aromatic rings. The van der Waals surface area contributed by atoms with E-state index in [9.17, 15) is 18.4 Å². The molecule has 162 valence electrons. The van der Waals surface area contributed by atoms with Crippen LogP contribution in [-0.2, 0) is 18.4 Å². The zero-order valence-corrected chi connectivity index (χ0v) is 17.6. The molecule has 8 heteroatoms. The van der Waals surface area contributed by atoms with E-state index in [0.29, 0.717) is 19.2 Å². The van der Waals surface area contributed by atoms with Crippen LogP contribution in [0.25, 0.3) is 0 Å². The van der Waals surface area contributed by atoms with Crippen molar-refractivity contribution < 1.29 is 18.4 Å². The molecule has 0 fully saturated rings. The molecular weight excluding hydrogens is 390 g/mol. The number of nitrogens with zero attached hydrogens (tertiary/aromatic N) is 3. The summed E-state index contributed by atoms with van der Waals surface area (Å²) >= 11 is 0. The smallest absolute Gasteiger partial charge is 0.322 e. The van der Waals surface area contributed by atoms with Gasteiger partial charge in [-0.15, -0.1) is 6.58 Å². The first-order valence-corrected chi connectivity index (χ1v) is 9.71. The average Bonchev–Trinajstić information content (AvgIpc) is 3.07. The van der Waals surface area contributed by atoms with Crippen LogP contribution in [0.4, 0.5) is 19.3 Å². The van der Waals surface area contributed by atoms with Crippen LogP contribution < -0.4 is 5.32 Å². The number of aromatic nitrogens is 1. The van der Waals surface area contributed by atoms with Gasteiger partial charge in [-0.05, 0) is 30.2 Å². The van der Waals surface area contributed by atoms with Gasteiger partial charge in [-0.1, -0.05) is 19.9 Å². The van der Waals surface area contributed by atoms with Gasteiger partial charge in [0.05, 0.1) is 12.2 Å². The van der Waals surface area contributed by atoms with Crippen molar-refractivity contribution in [1.29, 1.82) is 0 Å². The molecule has 0 saturated heterocycles. The highest BCUT2D eigenvalue weighted by molar-refractivity contribution is 5.92. The first-order chi connectivity index (χ1) is 14.2. The van der Waals surface area contributed by atoms with E-state index in [2.05, 4.69) is 11.9 Å². The Bertz CT molecular complexity index is 895. The van der Waals surface area contributed by atoms with Gasteiger partial charge in [-0.3, -0.25) is 4.79 Å². The van der Waals surface area contributed by atoms with E-state index in [0.717, 1.165) is 17.8 Å². The molecule has 1 aromatic carbocycles. The Morgan fingerprint density at radius 3 is 2.53 bits per heavy atom. The molecule has 30 heavy (non-hydrogen) atoms. The highest BCUT2D eigenvalue weighted by Crippen LogP contribution is 2.16. The van der Waals surface area contributed by atoms with Gasteiger partial charge in [0, 0.05) is 38.1 Å². The predicted octanol–water partition coefficient (Wildman–Crippen LogP) is 4.01. The summed E-state index contributed by atoms with van der Waals surface area (Å²) in [6.45, 7) is 8.48. The highest BCUT2D eigenvalue weighted by Gasteiger charge is 2.23. The lowest BCUT2D eigenvalue weighted by Crippen LogP contribution is -2.45. The van der Waals surface area contributed by atoms with Crippen LogP contribution in [-0.4, -0.2) is 45.9 Å². The SMILES string of the molecule is C=CCN(CC(=O)N(Cc1cccn1C)CC(C)C)C(=O)Nc1ccc(F)cc1F. The number of amides is 3. The fraction of sp³-hybridized carbons (Fsp3) is 0.364. The fourth-order valence-corrected chi connectivity index (χ4v) is 2.98. The first kappa shape index (κ1) is 23.1. The van der Waals surface area contributed by atoms with Gasteiger partial charge in [0.1, 0.15) is 18.2 Å². The Hall–Kier alpha value is -3.16. The molecule has 2 rings (SSSR count). The third-order valence-electron chi connectivity index (χ3n) is 4.48. The van der Waals surface area contributed by atoms with Crippen LogP contribution in [0.1, 0.15) is 19.5 Å². The van der Waals surface area contributed by atoms with Gasteiger partial charge in [-0.2, -0.15) is 0 Å². The standard InChI is InChI=1S/C22H28F2N4O2/c1-5-10-27(22(30)25-20-9-8-17(23)12-19(20)24)15-21(29)28(13-16(2)3)14-18-7-6-11-26(18)4/h5-9,11-12,16H,1,10,13-15H2,2-4H3,(H,25,30). The van der Waals surface area contributed by atoms with Crippen molar-refractivity contribution in [2.45, 2.75) is 20.4 Å². The maximum absolute atomic E-state index is 13.9. The van der Waals surface area contributed by atoms with E-state index < -0.39 is 17.7 Å². The molecule has 1 aromatic heterocycles. The maximum Gasteiger partial charge on any atom is 0.322 e. The average molecular weight is 418 g/mol. The van der Waals surface area contributed by atoms with E-state index in [1.165, 1.54) is 11.0 Å². The van der Waals surface area contributed by atoms with Crippen molar-refractivity contribution in [1.82, 2.24) is 14.4 Å². The molecule has 0 spiro atoms. The second kappa shape index (κ2) is 10.6. The van der Waals surface area contributed by atoms with Crippen LogP contribution in [0, 0.1) is 17.6 Å². The van der Waals surface area contributed by atoms with Crippen LogP contribution in [0.15, 0.2) is 49.2 Å². The minimum absolute atomic E-state index is 0.0973. The quantitative estimate of drug-likeness (QED) is 0.626. The summed E-state index contributed by atoms with van der Waals surface area (Å²) in [4.78, 5) is 28.6. The van der Waals surface area contributed by atoms with E-state index in [4.69, 9.17) is 0 Å². The fourth-order valence-electron chi connectivity index (χ4n) is 2.98. The number of carbonyl (C=O) groups excluding carboxylic acids is 2. The number of hydrogen-bond acceptors (Lipinski definition) is 2. The zero-order valence-electron chi connectivity index (χ0n) is 17.6. The highest BCUT2D eigenvalue weighted by atomic mass is 19.1. The van der Waals surface area contributed by atoms with Crippen molar-refractivity contribution in [2.24, 2.45) is 13.0 Å². The molecule has 1 N–H and O–H groups in total. The van der Waals surface area contributed by atoms with Gasteiger partial charge in [0.25, 0.3) is 0 Å². The van der Waals surface area contributed by atoms with Gasteiger partial charge < -0.3 is 19.7 Å².